The molecule has 1 rings (SSSR count). The number of hydrogen-bond donors (Lipinski definition) is 1. The van der Waals surface area contributed by atoms with Gasteiger partial charge in [-0.1, -0.05) is 6.07 Å². The van der Waals surface area contributed by atoms with Crippen LogP contribution in [0.1, 0.15) is 0 Å². The molecule has 0 radical (unpaired) electrons. The molecule has 1 aromatic carbocycles. The first-order valence-electron chi connectivity index (χ1n) is 4.20. The van der Waals surface area contributed by atoms with Gasteiger partial charge in [-0.2, -0.15) is 0 Å². The van der Waals surface area contributed by atoms with Crippen molar-refractivity contribution in [3.8, 4) is 0 Å². The van der Waals surface area contributed by atoms with Crippen molar-refractivity contribution in [2.24, 2.45) is 0 Å². The van der Waals surface area contributed by atoms with Gasteiger partial charge in [-0.15, -0.1) is 11.8 Å². The molecule has 0 unspecified atom stereocenters. The second-order valence-corrected chi connectivity index (χ2v) is 3.56. The van der Waals surface area contributed by atoms with E-state index in [-0.39, 0.29) is 0 Å². The quantitative estimate of drug-likeness (QED) is 0.471. The van der Waals surface area contributed by atoms with Gasteiger partial charge in [0.2, 0.25) is 0 Å². The van der Waals surface area contributed by atoms with Gasteiger partial charge in [0, 0.05) is 10.6 Å². The summed E-state index contributed by atoms with van der Waals surface area (Å²) in [4.78, 5) is 23.0. The van der Waals surface area contributed by atoms with E-state index in [9.17, 15) is 9.59 Å². The van der Waals surface area contributed by atoms with Gasteiger partial charge in [-0.3, -0.25) is 4.79 Å². The number of thioether (sulfide) groups is 1. The Morgan fingerprint density at radius 2 is 2.13 bits per heavy atom. The molecule has 0 aromatic heterocycles. The van der Waals surface area contributed by atoms with E-state index in [1.807, 2.05) is 12.3 Å². The number of carbonyl (C=O) groups excluding carboxylic acids is 2. The first-order valence-corrected chi connectivity index (χ1v) is 5.43. The number of hydrogen-bond acceptors (Lipinski definition) is 4. The number of rotatable bonds is 2. The van der Waals surface area contributed by atoms with E-state index in [2.05, 4.69) is 10.1 Å². The average molecular weight is 225 g/mol. The summed E-state index contributed by atoms with van der Waals surface area (Å²) >= 11 is 1.56. The lowest BCUT2D eigenvalue weighted by Gasteiger charge is -2.04. The molecule has 0 aliphatic carbocycles. The van der Waals surface area contributed by atoms with Crippen molar-refractivity contribution in [1.82, 2.24) is 0 Å². The van der Waals surface area contributed by atoms with Crippen LogP contribution in [-0.2, 0) is 14.3 Å². The summed E-state index contributed by atoms with van der Waals surface area (Å²) < 4.78 is 4.28. The molecule has 80 valence electrons. The normalized spacial score (nSPS) is 9.47. The lowest BCUT2D eigenvalue weighted by atomic mass is 10.3. The van der Waals surface area contributed by atoms with E-state index >= 15 is 0 Å². The van der Waals surface area contributed by atoms with Crippen LogP contribution in [-0.4, -0.2) is 25.2 Å². The zero-order valence-corrected chi connectivity index (χ0v) is 9.26. The zero-order chi connectivity index (χ0) is 11.3. The number of benzene rings is 1. The SMILES string of the molecule is COC(=O)C(=O)Nc1cccc(SC)c1. The van der Waals surface area contributed by atoms with E-state index in [0.29, 0.717) is 5.69 Å². The summed E-state index contributed by atoms with van der Waals surface area (Å²) in [7, 11) is 1.17. The van der Waals surface area contributed by atoms with Gasteiger partial charge < -0.3 is 10.1 Å². The summed E-state index contributed by atoms with van der Waals surface area (Å²) in [5, 5.41) is 2.44. The van der Waals surface area contributed by atoms with Crippen LogP contribution in [0, 0.1) is 0 Å². The Morgan fingerprint density at radius 1 is 1.40 bits per heavy atom. The van der Waals surface area contributed by atoms with Crippen LogP contribution in [0.3, 0.4) is 0 Å². The lowest BCUT2D eigenvalue weighted by molar-refractivity contribution is -0.150. The highest BCUT2D eigenvalue weighted by atomic mass is 32.2. The average Bonchev–Trinajstić information content (AvgIpc) is 2.28. The van der Waals surface area contributed by atoms with E-state index < -0.39 is 11.9 Å². The van der Waals surface area contributed by atoms with Gasteiger partial charge in [0.1, 0.15) is 0 Å². The monoisotopic (exact) mass is 225 g/mol. The number of amides is 1. The van der Waals surface area contributed by atoms with Gasteiger partial charge in [-0.25, -0.2) is 4.79 Å². The van der Waals surface area contributed by atoms with E-state index in [1.54, 1.807) is 30.0 Å². The van der Waals surface area contributed by atoms with Crippen molar-refractivity contribution in [3.63, 3.8) is 0 Å². The Bertz CT molecular complexity index is 379. The van der Waals surface area contributed by atoms with Crippen LogP contribution in [0.5, 0.6) is 0 Å². The first-order chi connectivity index (χ1) is 7.17. The summed E-state index contributed by atoms with van der Waals surface area (Å²) in [6.07, 6.45) is 1.93. The van der Waals surface area contributed by atoms with Crippen LogP contribution in [0.2, 0.25) is 0 Å². The van der Waals surface area contributed by atoms with Gasteiger partial charge >= 0.3 is 11.9 Å². The molecule has 4 nitrogen and oxygen atoms in total. The fourth-order valence-electron chi connectivity index (χ4n) is 0.976. The topological polar surface area (TPSA) is 55.4 Å². The van der Waals surface area contributed by atoms with Gasteiger partial charge in [-0.05, 0) is 24.5 Å². The van der Waals surface area contributed by atoms with Crippen LogP contribution in [0.25, 0.3) is 0 Å². The molecule has 0 fully saturated rings. The number of carbonyl (C=O) groups is 2. The van der Waals surface area contributed by atoms with E-state index in [0.717, 1.165) is 4.90 Å². The Hall–Kier alpha value is -1.49. The maximum atomic E-state index is 11.2. The maximum absolute atomic E-state index is 11.2. The Morgan fingerprint density at radius 3 is 2.73 bits per heavy atom. The van der Waals surface area contributed by atoms with Gasteiger partial charge in [0.05, 0.1) is 7.11 Å². The molecular formula is C10H11NO3S. The van der Waals surface area contributed by atoms with Gasteiger partial charge in [0.25, 0.3) is 0 Å². The Balaban J connectivity index is 2.72. The fraction of sp³-hybridized carbons (Fsp3) is 0.200. The molecule has 1 amide bonds. The molecule has 5 heteroatoms. The van der Waals surface area contributed by atoms with Crippen molar-refractivity contribution >= 4 is 29.3 Å². The molecule has 1 aromatic rings. The van der Waals surface area contributed by atoms with E-state index in [1.165, 1.54) is 7.11 Å². The number of esters is 1. The highest BCUT2D eigenvalue weighted by Gasteiger charge is 2.13. The smallest absolute Gasteiger partial charge is 0.396 e. The second kappa shape index (κ2) is 5.41. The molecule has 0 heterocycles. The Kier molecular flexibility index (Phi) is 4.17. The summed E-state index contributed by atoms with van der Waals surface area (Å²) in [6.45, 7) is 0. The molecular weight excluding hydrogens is 214 g/mol. The molecule has 0 atom stereocenters. The van der Waals surface area contributed by atoms with Crippen LogP contribution in [0.4, 0.5) is 5.69 Å². The first kappa shape index (κ1) is 11.6. The van der Waals surface area contributed by atoms with E-state index in [4.69, 9.17) is 0 Å². The summed E-state index contributed by atoms with van der Waals surface area (Å²) in [6, 6.07) is 7.21. The third kappa shape index (κ3) is 3.28. The zero-order valence-electron chi connectivity index (χ0n) is 8.44. The predicted octanol–water partition coefficient (Wildman–Crippen LogP) is 1.52. The fourth-order valence-corrected chi connectivity index (χ4v) is 1.44. The minimum Gasteiger partial charge on any atom is -0.462 e. The molecule has 0 spiro atoms. The molecule has 0 saturated heterocycles. The van der Waals surface area contributed by atoms with Crippen molar-refractivity contribution in [2.75, 3.05) is 18.7 Å². The molecule has 0 aliphatic rings. The number of methoxy groups -OCH3 is 1. The minimum absolute atomic E-state index is 0.581. The standard InChI is InChI=1S/C10H11NO3S/c1-14-10(13)9(12)11-7-4-3-5-8(6-7)15-2/h3-6H,1-2H3,(H,11,12). The molecule has 0 aliphatic heterocycles. The predicted molar refractivity (Wildman–Crippen MR) is 58.9 cm³/mol. The van der Waals surface area contributed by atoms with Crippen molar-refractivity contribution in [1.29, 1.82) is 0 Å². The number of nitrogens with one attached hydrogen (secondary N) is 1. The third-order valence-electron chi connectivity index (χ3n) is 1.70. The number of anilines is 1. The highest BCUT2D eigenvalue weighted by Crippen LogP contribution is 2.18. The van der Waals surface area contributed by atoms with Crippen LogP contribution >= 0.6 is 11.8 Å². The minimum atomic E-state index is -0.899. The summed E-state index contributed by atoms with van der Waals surface area (Å²) in [5.74, 6) is -1.67. The van der Waals surface area contributed by atoms with Crippen molar-refractivity contribution in [3.05, 3.63) is 24.3 Å². The Labute approximate surface area is 92.0 Å². The van der Waals surface area contributed by atoms with Crippen LogP contribution < -0.4 is 5.32 Å². The van der Waals surface area contributed by atoms with Crippen molar-refractivity contribution in [2.45, 2.75) is 4.90 Å². The molecule has 15 heavy (non-hydrogen) atoms. The van der Waals surface area contributed by atoms with Gasteiger partial charge in [0.15, 0.2) is 0 Å². The number of ether oxygens (including phenoxy) is 1. The van der Waals surface area contributed by atoms with Crippen LogP contribution in [0.15, 0.2) is 29.2 Å². The molecule has 0 bridgehead atoms. The maximum Gasteiger partial charge on any atom is 0.396 e. The molecule has 0 saturated carbocycles. The lowest BCUT2D eigenvalue weighted by Crippen LogP contribution is -2.23. The molecule has 1 N–H and O–H groups in total. The summed E-state index contributed by atoms with van der Waals surface area (Å²) in [5.41, 5.74) is 0.581. The third-order valence-corrected chi connectivity index (χ3v) is 2.42. The van der Waals surface area contributed by atoms with Crippen molar-refractivity contribution < 1.29 is 14.3 Å². The highest BCUT2D eigenvalue weighted by molar-refractivity contribution is 7.98. The largest absolute Gasteiger partial charge is 0.462 e. The second-order valence-electron chi connectivity index (χ2n) is 2.68.